The maximum Gasteiger partial charge on any atom is 0.240 e. The lowest BCUT2D eigenvalue weighted by molar-refractivity contribution is -0.123. The van der Waals surface area contributed by atoms with E-state index in [-0.39, 0.29) is 24.4 Å². The van der Waals surface area contributed by atoms with E-state index in [9.17, 15) is 4.79 Å². The molecule has 0 radical (unpaired) electrons. The number of aromatic nitrogens is 2. The van der Waals surface area contributed by atoms with Gasteiger partial charge >= 0.3 is 0 Å². The molecule has 0 spiro atoms. The first-order chi connectivity index (χ1) is 12.0. The lowest BCUT2D eigenvalue weighted by Gasteiger charge is -2.17. The molecule has 1 saturated carbocycles. The van der Waals surface area contributed by atoms with Crippen LogP contribution in [0.1, 0.15) is 37.1 Å². The molecule has 0 saturated heterocycles. The number of carbonyl (C=O) groups is 1. The summed E-state index contributed by atoms with van der Waals surface area (Å²) in [6.07, 6.45) is 3.36. The minimum Gasteiger partial charge on any atom is -0.348 e. The van der Waals surface area contributed by atoms with Gasteiger partial charge in [0.05, 0.1) is 23.5 Å². The van der Waals surface area contributed by atoms with Gasteiger partial charge < -0.3 is 11.1 Å². The molecule has 1 aliphatic carbocycles. The number of nitrogens with two attached hydrogens (primary N) is 1. The van der Waals surface area contributed by atoms with Crippen LogP contribution in [0.4, 0.5) is 0 Å². The Balaban J connectivity index is 0.00000196. The highest BCUT2D eigenvalue weighted by atomic mass is 35.5. The van der Waals surface area contributed by atoms with Gasteiger partial charge in [-0.3, -0.25) is 4.79 Å². The van der Waals surface area contributed by atoms with Crippen LogP contribution in [0.3, 0.4) is 0 Å². The van der Waals surface area contributed by atoms with Crippen molar-refractivity contribution in [3.05, 3.63) is 59.9 Å². The van der Waals surface area contributed by atoms with Gasteiger partial charge in [0.15, 0.2) is 0 Å². The topological polar surface area (TPSA) is 72.9 Å². The Labute approximate surface area is 159 Å². The van der Waals surface area contributed by atoms with E-state index in [1.165, 1.54) is 5.39 Å². The predicted octanol–water partition coefficient (Wildman–Crippen LogP) is 3.42. The Hall–Kier alpha value is -2.37. The van der Waals surface area contributed by atoms with E-state index >= 15 is 0 Å². The van der Waals surface area contributed by atoms with E-state index < -0.39 is 5.54 Å². The van der Waals surface area contributed by atoms with Crippen LogP contribution in [-0.2, 0) is 4.79 Å². The van der Waals surface area contributed by atoms with Crippen molar-refractivity contribution in [2.24, 2.45) is 5.73 Å². The zero-order valence-corrected chi connectivity index (χ0v) is 15.7. The molecule has 2 aromatic carbocycles. The van der Waals surface area contributed by atoms with Gasteiger partial charge in [-0.15, -0.1) is 12.4 Å². The van der Waals surface area contributed by atoms with Crippen LogP contribution < -0.4 is 11.1 Å². The SMILES string of the molecule is Cc1c(C(C)NC(=O)C2(N)CC2)cnn1-c1cccc2ccccc12.Cl. The molecule has 1 aliphatic rings. The molecule has 5 nitrogen and oxygen atoms in total. The Kier molecular flexibility index (Phi) is 4.78. The number of fused-ring (bicyclic) bond motifs is 1. The molecular weight excluding hydrogens is 348 g/mol. The Morgan fingerprint density at radius 3 is 2.65 bits per heavy atom. The number of halogens is 1. The predicted molar refractivity (Wildman–Crippen MR) is 106 cm³/mol. The van der Waals surface area contributed by atoms with Crippen LogP contribution in [0.5, 0.6) is 0 Å². The summed E-state index contributed by atoms with van der Waals surface area (Å²) < 4.78 is 1.94. The van der Waals surface area contributed by atoms with Gasteiger partial charge in [-0.05, 0) is 38.1 Å². The number of benzene rings is 2. The molecule has 4 rings (SSSR count). The first kappa shape index (κ1) is 18.4. The highest BCUT2D eigenvalue weighted by Gasteiger charge is 2.46. The largest absolute Gasteiger partial charge is 0.348 e. The summed E-state index contributed by atoms with van der Waals surface area (Å²) in [6, 6.07) is 14.3. The summed E-state index contributed by atoms with van der Waals surface area (Å²) in [5.74, 6) is -0.0719. The second kappa shape index (κ2) is 6.74. The van der Waals surface area contributed by atoms with Crippen molar-refractivity contribution in [3.63, 3.8) is 0 Å². The summed E-state index contributed by atoms with van der Waals surface area (Å²) in [6.45, 7) is 4.00. The molecule has 3 aromatic rings. The molecule has 1 heterocycles. The smallest absolute Gasteiger partial charge is 0.240 e. The molecule has 26 heavy (non-hydrogen) atoms. The van der Waals surface area contributed by atoms with Gasteiger partial charge in [-0.25, -0.2) is 4.68 Å². The molecule has 6 heteroatoms. The second-order valence-electron chi connectivity index (χ2n) is 6.95. The highest BCUT2D eigenvalue weighted by Crippen LogP contribution is 2.33. The van der Waals surface area contributed by atoms with Crippen molar-refractivity contribution < 1.29 is 4.79 Å². The van der Waals surface area contributed by atoms with Gasteiger partial charge in [0.1, 0.15) is 0 Å². The molecule has 136 valence electrons. The van der Waals surface area contributed by atoms with Crippen LogP contribution in [0.25, 0.3) is 16.5 Å². The maximum atomic E-state index is 12.2. The summed E-state index contributed by atoms with van der Waals surface area (Å²) in [4.78, 5) is 12.2. The zero-order chi connectivity index (χ0) is 17.6. The first-order valence-corrected chi connectivity index (χ1v) is 8.62. The van der Waals surface area contributed by atoms with E-state index in [1.54, 1.807) is 0 Å². The lowest BCUT2D eigenvalue weighted by atomic mass is 10.1. The van der Waals surface area contributed by atoms with Crippen molar-refractivity contribution in [1.29, 1.82) is 0 Å². The second-order valence-corrected chi connectivity index (χ2v) is 6.95. The molecule has 0 aliphatic heterocycles. The molecular formula is C20H23ClN4O. The van der Waals surface area contributed by atoms with Crippen LogP contribution >= 0.6 is 12.4 Å². The monoisotopic (exact) mass is 370 g/mol. The summed E-state index contributed by atoms with van der Waals surface area (Å²) in [7, 11) is 0. The number of nitrogens with one attached hydrogen (secondary N) is 1. The minimum atomic E-state index is -0.659. The van der Waals surface area contributed by atoms with Crippen LogP contribution in [0.2, 0.25) is 0 Å². The summed E-state index contributed by atoms with van der Waals surface area (Å²) >= 11 is 0. The van der Waals surface area contributed by atoms with Crippen LogP contribution in [0, 0.1) is 6.92 Å². The third-order valence-electron chi connectivity index (χ3n) is 5.10. The van der Waals surface area contributed by atoms with Gasteiger partial charge in [0, 0.05) is 16.6 Å². The fraction of sp³-hybridized carbons (Fsp3) is 0.300. The lowest BCUT2D eigenvalue weighted by Crippen LogP contribution is -2.43. The Bertz CT molecular complexity index is 956. The fourth-order valence-corrected chi connectivity index (χ4v) is 3.26. The van der Waals surface area contributed by atoms with E-state index in [0.29, 0.717) is 0 Å². The zero-order valence-electron chi connectivity index (χ0n) is 14.9. The number of carbonyl (C=O) groups excluding carboxylic acids is 1. The molecule has 1 amide bonds. The molecule has 1 atom stereocenters. The molecule has 1 unspecified atom stereocenters. The third-order valence-corrected chi connectivity index (χ3v) is 5.10. The van der Waals surface area contributed by atoms with Crippen molar-refractivity contribution >= 4 is 29.1 Å². The van der Waals surface area contributed by atoms with E-state index in [4.69, 9.17) is 5.73 Å². The average Bonchev–Trinajstić information content (AvgIpc) is 3.25. The van der Waals surface area contributed by atoms with Crippen molar-refractivity contribution in [3.8, 4) is 5.69 Å². The molecule has 3 N–H and O–H groups in total. The van der Waals surface area contributed by atoms with Crippen molar-refractivity contribution in [1.82, 2.24) is 15.1 Å². The third kappa shape index (κ3) is 3.08. The van der Waals surface area contributed by atoms with Crippen molar-refractivity contribution in [2.75, 3.05) is 0 Å². The maximum absolute atomic E-state index is 12.2. The summed E-state index contributed by atoms with van der Waals surface area (Å²) in [5, 5.41) is 9.93. The first-order valence-electron chi connectivity index (χ1n) is 8.62. The van der Waals surface area contributed by atoms with Gasteiger partial charge in [0.2, 0.25) is 5.91 Å². The van der Waals surface area contributed by atoms with Gasteiger partial charge in [0.25, 0.3) is 0 Å². The standard InChI is InChI=1S/C20H22N4O.ClH/c1-13(23-19(25)20(21)10-11-20)17-12-22-24(14(17)2)18-9-5-7-15-6-3-4-8-16(15)18;/h3-9,12-13H,10-11,21H2,1-2H3,(H,23,25);1H. The van der Waals surface area contributed by atoms with E-state index in [1.807, 2.05) is 42.9 Å². The molecule has 1 fully saturated rings. The highest BCUT2D eigenvalue weighted by molar-refractivity contribution is 5.90. The number of hydrogen-bond acceptors (Lipinski definition) is 3. The average molecular weight is 371 g/mol. The Morgan fingerprint density at radius 1 is 1.23 bits per heavy atom. The fourth-order valence-electron chi connectivity index (χ4n) is 3.26. The van der Waals surface area contributed by atoms with Gasteiger partial charge in [-0.2, -0.15) is 5.10 Å². The quantitative estimate of drug-likeness (QED) is 0.739. The van der Waals surface area contributed by atoms with Crippen LogP contribution in [0.15, 0.2) is 48.7 Å². The van der Waals surface area contributed by atoms with E-state index in [0.717, 1.165) is 35.2 Å². The normalized spacial score (nSPS) is 16.0. The molecule has 0 bridgehead atoms. The van der Waals surface area contributed by atoms with Crippen LogP contribution in [-0.4, -0.2) is 21.2 Å². The number of rotatable bonds is 4. The number of nitrogens with zero attached hydrogens (tertiary/aromatic N) is 2. The Morgan fingerprint density at radius 2 is 1.92 bits per heavy atom. The molecule has 1 aromatic heterocycles. The van der Waals surface area contributed by atoms with Gasteiger partial charge in [-0.1, -0.05) is 36.4 Å². The number of amides is 1. The summed E-state index contributed by atoms with van der Waals surface area (Å²) in [5.41, 5.74) is 8.39. The minimum absolute atomic E-state index is 0. The number of hydrogen-bond donors (Lipinski definition) is 2. The van der Waals surface area contributed by atoms with E-state index in [2.05, 4.69) is 34.7 Å². The van der Waals surface area contributed by atoms with Crippen molar-refractivity contribution in [2.45, 2.75) is 38.3 Å².